The SMILES string of the molecule is O=[N+]([O-])c1cc(N=NNc2ccc(N=Nc3ccccc3)cc2)c(O)c([N+](=O)[O-])c1. The van der Waals surface area contributed by atoms with Crippen LogP contribution in [0, 0.1) is 20.2 Å². The average molecular weight is 407 g/mol. The lowest BCUT2D eigenvalue weighted by molar-refractivity contribution is -0.394. The number of nitrogens with one attached hydrogen (secondary N) is 1. The molecule has 0 saturated carbocycles. The van der Waals surface area contributed by atoms with E-state index in [1.165, 1.54) is 0 Å². The summed E-state index contributed by atoms with van der Waals surface area (Å²) in [6, 6.07) is 17.3. The van der Waals surface area contributed by atoms with Crippen molar-refractivity contribution in [3.63, 3.8) is 0 Å². The molecule has 0 amide bonds. The Morgan fingerprint density at radius 3 is 2.03 bits per heavy atom. The topological polar surface area (TPSA) is 168 Å². The minimum Gasteiger partial charge on any atom is -0.501 e. The largest absolute Gasteiger partial charge is 0.501 e. The fraction of sp³-hybridized carbons (Fsp3) is 0. The van der Waals surface area contributed by atoms with E-state index in [4.69, 9.17) is 0 Å². The molecule has 2 N–H and O–H groups in total. The summed E-state index contributed by atoms with van der Waals surface area (Å²) in [7, 11) is 0. The van der Waals surface area contributed by atoms with Crippen LogP contribution in [-0.2, 0) is 0 Å². The van der Waals surface area contributed by atoms with Gasteiger partial charge in [-0.3, -0.25) is 25.7 Å². The molecule has 30 heavy (non-hydrogen) atoms. The Bertz CT molecular complexity index is 1130. The standard InChI is InChI=1S/C18H13N7O5/c26-18-16(10-15(24(27)28)11-17(18)25(29)30)22-23-21-14-8-6-13(7-9-14)20-19-12-4-2-1-3-5-12/h1-11,26H,(H,21,22). The highest BCUT2D eigenvalue weighted by Crippen LogP contribution is 2.39. The third kappa shape index (κ3) is 4.95. The number of anilines is 1. The van der Waals surface area contributed by atoms with Gasteiger partial charge in [-0.05, 0) is 36.4 Å². The number of non-ortho nitro benzene ring substituents is 1. The maximum Gasteiger partial charge on any atom is 0.319 e. The zero-order valence-corrected chi connectivity index (χ0v) is 15.1. The summed E-state index contributed by atoms with van der Waals surface area (Å²) in [5, 5.41) is 47.1. The molecule has 0 saturated heterocycles. The molecule has 0 fully saturated rings. The molecule has 12 nitrogen and oxygen atoms in total. The van der Waals surface area contributed by atoms with Gasteiger partial charge in [-0.2, -0.15) is 10.2 Å². The number of phenols is 1. The monoisotopic (exact) mass is 407 g/mol. The van der Waals surface area contributed by atoms with Crippen molar-refractivity contribution < 1.29 is 15.0 Å². The first kappa shape index (κ1) is 20.0. The second kappa shape index (κ2) is 8.97. The molecule has 3 aromatic carbocycles. The van der Waals surface area contributed by atoms with Crippen molar-refractivity contribution in [2.45, 2.75) is 0 Å². The number of aromatic hydroxyl groups is 1. The minimum atomic E-state index is -0.947. The van der Waals surface area contributed by atoms with E-state index in [9.17, 15) is 25.3 Å². The Kier molecular flexibility index (Phi) is 5.98. The van der Waals surface area contributed by atoms with Gasteiger partial charge in [0, 0.05) is 6.07 Å². The molecular formula is C18H13N7O5. The van der Waals surface area contributed by atoms with Gasteiger partial charge in [0.25, 0.3) is 5.69 Å². The van der Waals surface area contributed by atoms with E-state index in [2.05, 4.69) is 26.0 Å². The molecule has 0 heterocycles. The van der Waals surface area contributed by atoms with E-state index in [1.807, 2.05) is 30.3 Å². The molecule has 0 spiro atoms. The molecule has 3 rings (SSSR count). The summed E-state index contributed by atoms with van der Waals surface area (Å²) >= 11 is 0. The van der Waals surface area contributed by atoms with E-state index in [0.29, 0.717) is 23.1 Å². The van der Waals surface area contributed by atoms with Crippen LogP contribution in [0.3, 0.4) is 0 Å². The van der Waals surface area contributed by atoms with Crippen LogP contribution in [0.1, 0.15) is 0 Å². The Balaban J connectivity index is 1.72. The van der Waals surface area contributed by atoms with Gasteiger partial charge in [0.2, 0.25) is 5.75 Å². The summed E-state index contributed by atoms with van der Waals surface area (Å²) in [6.07, 6.45) is 0. The van der Waals surface area contributed by atoms with Crippen LogP contribution >= 0.6 is 0 Å². The van der Waals surface area contributed by atoms with Gasteiger partial charge >= 0.3 is 5.69 Å². The van der Waals surface area contributed by atoms with E-state index in [1.54, 1.807) is 24.3 Å². The van der Waals surface area contributed by atoms with Crippen molar-refractivity contribution in [1.29, 1.82) is 0 Å². The Morgan fingerprint density at radius 2 is 1.43 bits per heavy atom. The first-order chi connectivity index (χ1) is 14.4. The predicted molar refractivity (Wildman–Crippen MR) is 107 cm³/mol. The summed E-state index contributed by atoms with van der Waals surface area (Å²) in [4.78, 5) is 20.1. The maximum absolute atomic E-state index is 10.9. The first-order valence-corrected chi connectivity index (χ1v) is 8.33. The number of benzene rings is 3. The number of nitro benzene ring substituents is 2. The second-order valence-electron chi connectivity index (χ2n) is 5.74. The smallest absolute Gasteiger partial charge is 0.319 e. The van der Waals surface area contributed by atoms with Crippen molar-refractivity contribution in [2.24, 2.45) is 20.6 Å². The Labute approximate surface area is 168 Å². The van der Waals surface area contributed by atoms with Crippen molar-refractivity contribution in [1.82, 2.24) is 0 Å². The van der Waals surface area contributed by atoms with Crippen molar-refractivity contribution in [2.75, 3.05) is 5.43 Å². The van der Waals surface area contributed by atoms with Crippen LogP contribution in [-0.4, -0.2) is 15.0 Å². The van der Waals surface area contributed by atoms with Crippen LogP contribution in [0.5, 0.6) is 5.75 Å². The van der Waals surface area contributed by atoms with Crippen molar-refractivity contribution >= 4 is 34.1 Å². The highest BCUT2D eigenvalue weighted by atomic mass is 16.6. The van der Waals surface area contributed by atoms with Gasteiger partial charge in [0.05, 0.1) is 33.0 Å². The summed E-state index contributed by atoms with van der Waals surface area (Å²) in [5.74, 6) is -0.826. The molecule has 0 bridgehead atoms. The van der Waals surface area contributed by atoms with Crippen molar-refractivity contribution in [3.05, 3.63) is 87.0 Å². The Hall–Kier alpha value is -4.74. The van der Waals surface area contributed by atoms with Crippen LogP contribution in [0.15, 0.2) is 87.3 Å². The fourth-order valence-corrected chi connectivity index (χ4v) is 2.26. The van der Waals surface area contributed by atoms with Gasteiger partial charge in [-0.15, -0.1) is 5.11 Å². The van der Waals surface area contributed by atoms with Gasteiger partial charge in [-0.1, -0.05) is 23.4 Å². The van der Waals surface area contributed by atoms with Crippen LogP contribution in [0.2, 0.25) is 0 Å². The quantitative estimate of drug-likeness (QED) is 0.288. The van der Waals surface area contributed by atoms with E-state index in [0.717, 1.165) is 6.07 Å². The summed E-state index contributed by atoms with van der Waals surface area (Å²) < 4.78 is 0. The number of hydrogen-bond acceptors (Lipinski definition) is 9. The minimum absolute atomic E-state index is 0.420. The number of hydrogen-bond donors (Lipinski definition) is 2. The zero-order chi connectivity index (χ0) is 21.5. The molecule has 0 atom stereocenters. The number of nitro groups is 2. The normalized spacial score (nSPS) is 11.1. The molecular weight excluding hydrogens is 394 g/mol. The molecule has 0 aromatic heterocycles. The van der Waals surface area contributed by atoms with Crippen LogP contribution in [0.25, 0.3) is 0 Å². The molecule has 0 unspecified atom stereocenters. The van der Waals surface area contributed by atoms with Crippen molar-refractivity contribution in [3.8, 4) is 5.75 Å². The Morgan fingerprint density at radius 1 is 0.800 bits per heavy atom. The fourth-order valence-electron chi connectivity index (χ4n) is 2.26. The lowest BCUT2D eigenvalue weighted by Gasteiger charge is -2.01. The second-order valence-corrected chi connectivity index (χ2v) is 5.74. The van der Waals surface area contributed by atoms with Crippen LogP contribution < -0.4 is 5.43 Å². The lowest BCUT2D eigenvalue weighted by atomic mass is 10.2. The third-order valence-corrected chi connectivity index (χ3v) is 3.70. The van der Waals surface area contributed by atoms with Gasteiger partial charge in [0.15, 0.2) is 0 Å². The number of phenolic OH excluding ortho intramolecular Hbond substituents is 1. The number of nitrogens with zero attached hydrogens (tertiary/aromatic N) is 6. The molecule has 0 aliphatic rings. The maximum atomic E-state index is 10.9. The van der Waals surface area contributed by atoms with Crippen LogP contribution in [0.4, 0.5) is 34.1 Å². The van der Waals surface area contributed by atoms with Gasteiger partial charge in [-0.25, -0.2) is 0 Å². The first-order valence-electron chi connectivity index (χ1n) is 8.33. The van der Waals surface area contributed by atoms with E-state index in [-0.39, 0.29) is 0 Å². The van der Waals surface area contributed by atoms with E-state index < -0.39 is 32.7 Å². The average Bonchev–Trinajstić information content (AvgIpc) is 2.74. The van der Waals surface area contributed by atoms with Gasteiger partial charge < -0.3 is 5.11 Å². The molecule has 0 aliphatic heterocycles. The molecule has 0 aliphatic carbocycles. The zero-order valence-electron chi connectivity index (χ0n) is 15.1. The third-order valence-electron chi connectivity index (χ3n) is 3.70. The van der Waals surface area contributed by atoms with E-state index >= 15 is 0 Å². The molecule has 0 radical (unpaired) electrons. The molecule has 150 valence electrons. The predicted octanol–water partition coefficient (Wildman–Crippen LogP) is 5.73. The molecule has 12 heteroatoms. The summed E-state index contributed by atoms with van der Waals surface area (Å²) in [6.45, 7) is 0. The van der Waals surface area contributed by atoms with Gasteiger partial charge in [0.1, 0.15) is 5.69 Å². The number of azo groups is 1. The highest BCUT2D eigenvalue weighted by Gasteiger charge is 2.24. The lowest BCUT2D eigenvalue weighted by Crippen LogP contribution is -1.93. The highest BCUT2D eigenvalue weighted by molar-refractivity contribution is 5.67. The number of rotatable bonds is 7. The summed E-state index contributed by atoms with van der Waals surface area (Å²) in [5.41, 5.74) is 2.49. The molecule has 3 aromatic rings.